The molecule has 0 saturated heterocycles. The summed E-state index contributed by atoms with van der Waals surface area (Å²) >= 11 is 0. The molecule has 0 radical (unpaired) electrons. The fourth-order valence-corrected chi connectivity index (χ4v) is 1.49. The first-order chi connectivity index (χ1) is 6.65. The smallest absolute Gasteiger partial charge is 0.0940 e. The normalized spacial score (nSPS) is 15.1. The zero-order chi connectivity index (χ0) is 10.6. The second-order valence-electron chi connectivity index (χ2n) is 3.70. The van der Waals surface area contributed by atoms with E-state index in [-0.39, 0.29) is 6.04 Å². The van der Waals surface area contributed by atoms with Gasteiger partial charge in [0.1, 0.15) is 0 Å². The van der Waals surface area contributed by atoms with Crippen LogP contribution in [-0.4, -0.2) is 17.7 Å². The van der Waals surface area contributed by atoms with Gasteiger partial charge in [-0.15, -0.1) is 0 Å². The zero-order valence-corrected chi connectivity index (χ0v) is 9.12. The molecule has 0 fully saturated rings. The molecule has 0 heterocycles. The van der Waals surface area contributed by atoms with E-state index in [1.165, 1.54) is 5.56 Å². The molecule has 0 spiro atoms. The molecule has 1 aromatic rings. The third kappa shape index (κ3) is 2.82. The molecule has 2 nitrogen and oxygen atoms in total. The van der Waals surface area contributed by atoms with Gasteiger partial charge in [0.2, 0.25) is 0 Å². The van der Waals surface area contributed by atoms with Gasteiger partial charge < -0.3 is 10.4 Å². The Morgan fingerprint density at radius 3 is 2.36 bits per heavy atom. The van der Waals surface area contributed by atoms with Crippen molar-refractivity contribution in [1.29, 1.82) is 0 Å². The van der Waals surface area contributed by atoms with Gasteiger partial charge in [-0.3, -0.25) is 0 Å². The van der Waals surface area contributed by atoms with E-state index in [4.69, 9.17) is 0 Å². The van der Waals surface area contributed by atoms with Crippen molar-refractivity contribution in [1.82, 2.24) is 5.32 Å². The molecule has 0 bridgehead atoms. The average molecular weight is 193 g/mol. The van der Waals surface area contributed by atoms with E-state index in [1.807, 2.05) is 45.0 Å². The molecule has 78 valence electrons. The molecule has 14 heavy (non-hydrogen) atoms. The van der Waals surface area contributed by atoms with Gasteiger partial charge in [-0.05, 0) is 26.0 Å². The Morgan fingerprint density at radius 1 is 1.29 bits per heavy atom. The molecule has 2 heteroatoms. The minimum atomic E-state index is -0.421. The highest BCUT2D eigenvalue weighted by molar-refractivity contribution is 5.23. The number of aryl methyl sites for hydroxylation is 1. The Labute approximate surface area is 86.0 Å². The molecule has 0 amide bonds. The third-order valence-electron chi connectivity index (χ3n) is 2.42. The SMILES string of the molecule is CCN[C@@H](C)[C@@H](O)c1ccc(C)cc1. The van der Waals surface area contributed by atoms with Gasteiger partial charge in [-0.25, -0.2) is 0 Å². The van der Waals surface area contributed by atoms with E-state index in [0.717, 1.165) is 12.1 Å². The lowest BCUT2D eigenvalue weighted by Gasteiger charge is -2.19. The highest BCUT2D eigenvalue weighted by Gasteiger charge is 2.14. The van der Waals surface area contributed by atoms with Crippen molar-refractivity contribution >= 4 is 0 Å². The van der Waals surface area contributed by atoms with Gasteiger partial charge in [0, 0.05) is 6.04 Å². The van der Waals surface area contributed by atoms with Crippen molar-refractivity contribution in [2.75, 3.05) is 6.54 Å². The second-order valence-corrected chi connectivity index (χ2v) is 3.70. The molecule has 0 aromatic heterocycles. The molecule has 0 saturated carbocycles. The molecule has 0 unspecified atom stereocenters. The number of aliphatic hydroxyl groups excluding tert-OH is 1. The van der Waals surface area contributed by atoms with Crippen molar-refractivity contribution in [3.8, 4) is 0 Å². The van der Waals surface area contributed by atoms with Gasteiger partial charge in [0.15, 0.2) is 0 Å². The summed E-state index contributed by atoms with van der Waals surface area (Å²) in [6.45, 7) is 6.96. The summed E-state index contributed by atoms with van der Waals surface area (Å²) in [5.74, 6) is 0. The number of hydrogen-bond acceptors (Lipinski definition) is 2. The fourth-order valence-electron chi connectivity index (χ4n) is 1.49. The molecule has 0 aliphatic carbocycles. The summed E-state index contributed by atoms with van der Waals surface area (Å²) in [5, 5.41) is 13.2. The first-order valence-corrected chi connectivity index (χ1v) is 5.13. The number of likely N-dealkylation sites (N-methyl/N-ethyl adjacent to an activating group) is 1. The van der Waals surface area contributed by atoms with Gasteiger partial charge in [-0.1, -0.05) is 36.8 Å². The van der Waals surface area contributed by atoms with Crippen LogP contribution in [-0.2, 0) is 0 Å². The van der Waals surface area contributed by atoms with E-state index in [1.54, 1.807) is 0 Å². The monoisotopic (exact) mass is 193 g/mol. The lowest BCUT2D eigenvalue weighted by atomic mass is 10.0. The number of rotatable bonds is 4. The number of hydrogen-bond donors (Lipinski definition) is 2. The Kier molecular flexibility index (Phi) is 4.11. The number of benzene rings is 1. The van der Waals surface area contributed by atoms with E-state index >= 15 is 0 Å². The van der Waals surface area contributed by atoms with E-state index in [0.29, 0.717) is 0 Å². The first-order valence-electron chi connectivity index (χ1n) is 5.13. The van der Waals surface area contributed by atoms with Crippen molar-refractivity contribution < 1.29 is 5.11 Å². The minimum absolute atomic E-state index is 0.0997. The molecule has 2 atom stereocenters. The average Bonchev–Trinajstić information content (AvgIpc) is 2.18. The molecule has 1 rings (SSSR count). The summed E-state index contributed by atoms with van der Waals surface area (Å²) in [5.41, 5.74) is 2.20. The lowest BCUT2D eigenvalue weighted by molar-refractivity contribution is 0.137. The maximum absolute atomic E-state index is 9.95. The van der Waals surface area contributed by atoms with Crippen LogP contribution < -0.4 is 5.32 Å². The van der Waals surface area contributed by atoms with Crippen LogP contribution >= 0.6 is 0 Å². The Bertz CT molecular complexity index is 268. The largest absolute Gasteiger partial charge is 0.387 e. The summed E-state index contributed by atoms with van der Waals surface area (Å²) < 4.78 is 0. The molecule has 2 N–H and O–H groups in total. The predicted molar refractivity (Wildman–Crippen MR) is 59.3 cm³/mol. The van der Waals surface area contributed by atoms with Crippen LogP contribution in [0.3, 0.4) is 0 Å². The van der Waals surface area contributed by atoms with E-state index < -0.39 is 6.10 Å². The van der Waals surface area contributed by atoms with Crippen molar-refractivity contribution in [3.05, 3.63) is 35.4 Å². The summed E-state index contributed by atoms with van der Waals surface area (Å²) in [6, 6.07) is 8.11. The zero-order valence-electron chi connectivity index (χ0n) is 9.12. The second kappa shape index (κ2) is 5.13. The van der Waals surface area contributed by atoms with Gasteiger partial charge in [0.25, 0.3) is 0 Å². The van der Waals surface area contributed by atoms with Crippen LogP contribution in [0.1, 0.15) is 31.1 Å². The van der Waals surface area contributed by atoms with Crippen molar-refractivity contribution in [2.45, 2.75) is 32.9 Å². The van der Waals surface area contributed by atoms with Gasteiger partial charge in [-0.2, -0.15) is 0 Å². The minimum Gasteiger partial charge on any atom is -0.387 e. The molecular formula is C12H19NO. The summed E-state index contributed by atoms with van der Waals surface area (Å²) in [7, 11) is 0. The van der Waals surface area contributed by atoms with Crippen LogP contribution in [0.2, 0.25) is 0 Å². The molecule has 0 aliphatic heterocycles. The Morgan fingerprint density at radius 2 is 1.86 bits per heavy atom. The number of nitrogens with one attached hydrogen (secondary N) is 1. The van der Waals surface area contributed by atoms with E-state index in [9.17, 15) is 5.11 Å². The maximum atomic E-state index is 9.95. The quantitative estimate of drug-likeness (QED) is 0.767. The van der Waals surface area contributed by atoms with Gasteiger partial charge >= 0.3 is 0 Å². The molecule has 0 aliphatic rings. The lowest BCUT2D eigenvalue weighted by Crippen LogP contribution is -2.31. The predicted octanol–water partition coefficient (Wildman–Crippen LogP) is 2.03. The van der Waals surface area contributed by atoms with Gasteiger partial charge in [0.05, 0.1) is 6.10 Å². The molecule has 1 aromatic carbocycles. The third-order valence-corrected chi connectivity index (χ3v) is 2.42. The maximum Gasteiger partial charge on any atom is 0.0940 e. The van der Waals surface area contributed by atoms with Crippen LogP contribution in [0.25, 0.3) is 0 Å². The highest BCUT2D eigenvalue weighted by Crippen LogP contribution is 2.16. The Balaban J connectivity index is 2.68. The topological polar surface area (TPSA) is 32.3 Å². The Hall–Kier alpha value is -0.860. The van der Waals surface area contributed by atoms with Crippen molar-refractivity contribution in [3.63, 3.8) is 0 Å². The van der Waals surface area contributed by atoms with Crippen LogP contribution in [0.4, 0.5) is 0 Å². The first kappa shape index (κ1) is 11.2. The summed E-state index contributed by atoms with van der Waals surface area (Å²) in [6.07, 6.45) is -0.421. The van der Waals surface area contributed by atoms with Crippen molar-refractivity contribution in [2.24, 2.45) is 0 Å². The standard InChI is InChI=1S/C12H19NO/c1-4-13-10(3)12(14)11-7-5-9(2)6-8-11/h5-8,10,12-14H,4H2,1-3H3/t10-,12+/m0/s1. The highest BCUT2D eigenvalue weighted by atomic mass is 16.3. The summed E-state index contributed by atoms with van der Waals surface area (Å²) in [4.78, 5) is 0. The van der Waals surface area contributed by atoms with Crippen LogP contribution in [0, 0.1) is 6.92 Å². The van der Waals surface area contributed by atoms with Crippen LogP contribution in [0.5, 0.6) is 0 Å². The van der Waals surface area contributed by atoms with Crippen LogP contribution in [0.15, 0.2) is 24.3 Å². The van der Waals surface area contributed by atoms with E-state index in [2.05, 4.69) is 5.32 Å². The fraction of sp³-hybridized carbons (Fsp3) is 0.500. The molecular weight excluding hydrogens is 174 g/mol. The number of aliphatic hydroxyl groups is 1.